The summed E-state index contributed by atoms with van der Waals surface area (Å²) >= 11 is 0. The van der Waals surface area contributed by atoms with E-state index in [0.717, 1.165) is 56.5 Å². The molecule has 1 aliphatic heterocycles. The molecule has 0 unspecified atom stereocenters. The minimum atomic E-state index is -0.683. The maximum Gasteiger partial charge on any atom is 0.298 e. The predicted octanol–water partition coefficient (Wildman–Crippen LogP) is 3.72. The van der Waals surface area contributed by atoms with Gasteiger partial charge in [0, 0.05) is 49.2 Å². The average molecular weight is 451 g/mol. The predicted molar refractivity (Wildman–Crippen MR) is 124 cm³/mol. The van der Waals surface area contributed by atoms with Crippen molar-refractivity contribution in [3.63, 3.8) is 0 Å². The number of aromatic nitrogens is 2. The first kappa shape index (κ1) is 20.2. The Labute approximate surface area is 187 Å². The highest BCUT2D eigenvalue weighted by Crippen LogP contribution is 2.41. The second-order valence-corrected chi connectivity index (χ2v) is 8.81. The maximum atomic E-state index is 14.8. The molecule has 7 nitrogen and oxygen atoms in total. The van der Waals surface area contributed by atoms with Crippen molar-refractivity contribution in [3.05, 3.63) is 51.8 Å². The fourth-order valence-corrected chi connectivity index (χ4v) is 4.78. The SMILES string of the molecule is Cc1c(-c2cc(F)c(N)cc2F)ccc2c3oc(N4CCNCC4)nc3c(=O)n(C3CC3)c12. The summed E-state index contributed by atoms with van der Waals surface area (Å²) in [6.07, 6.45) is 1.77. The van der Waals surface area contributed by atoms with Crippen LogP contribution in [0.15, 0.2) is 33.5 Å². The Kier molecular flexibility index (Phi) is 4.45. The van der Waals surface area contributed by atoms with Crippen LogP contribution in [0.5, 0.6) is 0 Å². The number of hydrogen-bond donors (Lipinski definition) is 2. The third-order valence-electron chi connectivity index (χ3n) is 6.63. The Morgan fingerprint density at radius 2 is 1.88 bits per heavy atom. The number of aryl methyl sites for hydroxylation is 1. The van der Waals surface area contributed by atoms with Crippen LogP contribution >= 0.6 is 0 Å². The molecule has 2 aliphatic rings. The average Bonchev–Trinajstić information content (AvgIpc) is 3.54. The van der Waals surface area contributed by atoms with Gasteiger partial charge in [-0.3, -0.25) is 4.79 Å². The number of fused-ring (bicyclic) bond motifs is 3. The third-order valence-corrected chi connectivity index (χ3v) is 6.63. The van der Waals surface area contributed by atoms with Gasteiger partial charge in [0.1, 0.15) is 11.6 Å². The molecule has 2 fully saturated rings. The standard InChI is InChI=1S/C24H23F2N5O2/c1-12-14(16-10-18(26)19(27)11-17(16)25)4-5-15-21(12)31(13-2-3-13)23(32)20-22(15)33-24(29-20)30-8-6-28-7-9-30/h4-5,10-11,13,28H,2-3,6-9,27H2,1H3. The summed E-state index contributed by atoms with van der Waals surface area (Å²) in [4.78, 5) is 20.1. The van der Waals surface area contributed by atoms with Crippen LogP contribution in [0, 0.1) is 18.6 Å². The van der Waals surface area contributed by atoms with E-state index in [1.54, 1.807) is 16.7 Å². The molecule has 4 aromatic rings. The number of benzene rings is 2. The Bertz CT molecular complexity index is 1480. The lowest BCUT2D eigenvalue weighted by Gasteiger charge is -2.25. The van der Waals surface area contributed by atoms with Crippen molar-refractivity contribution in [2.75, 3.05) is 36.8 Å². The molecule has 3 heterocycles. The maximum absolute atomic E-state index is 14.8. The van der Waals surface area contributed by atoms with Gasteiger partial charge in [0.05, 0.1) is 11.2 Å². The van der Waals surface area contributed by atoms with Crippen LogP contribution in [0.1, 0.15) is 24.4 Å². The summed E-state index contributed by atoms with van der Waals surface area (Å²) < 4.78 is 36.8. The van der Waals surface area contributed by atoms with Gasteiger partial charge in [0.25, 0.3) is 11.6 Å². The minimum Gasteiger partial charge on any atom is -0.422 e. The molecule has 1 saturated carbocycles. The van der Waals surface area contributed by atoms with Gasteiger partial charge in [-0.2, -0.15) is 4.98 Å². The second-order valence-electron chi connectivity index (χ2n) is 8.81. The van der Waals surface area contributed by atoms with Crippen LogP contribution < -0.4 is 21.5 Å². The van der Waals surface area contributed by atoms with E-state index in [9.17, 15) is 13.6 Å². The Morgan fingerprint density at radius 1 is 1.12 bits per heavy atom. The summed E-state index contributed by atoms with van der Waals surface area (Å²) in [5.74, 6) is -1.30. The molecule has 0 atom stereocenters. The molecule has 1 aliphatic carbocycles. The van der Waals surface area contributed by atoms with E-state index in [0.29, 0.717) is 33.8 Å². The first-order chi connectivity index (χ1) is 15.9. The molecule has 2 aromatic carbocycles. The lowest BCUT2D eigenvalue weighted by molar-refractivity contribution is 0.518. The molecule has 0 amide bonds. The van der Waals surface area contributed by atoms with E-state index in [4.69, 9.17) is 10.2 Å². The molecule has 33 heavy (non-hydrogen) atoms. The summed E-state index contributed by atoms with van der Waals surface area (Å²) in [5.41, 5.74) is 7.78. The topological polar surface area (TPSA) is 89.3 Å². The van der Waals surface area contributed by atoms with Gasteiger partial charge in [-0.15, -0.1) is 0 Å². The number of halogens is 2. The van der Waals surface area contributed by atoms with Crippen molar-refractivity contribution in [1.82, 2.24) is 14.9 Å². The molecule has 170 valence electrons. The van der Waals surface area contributed by atoms with Gasteiger partial charge >= 0.3 is 0 Å². The van der Waals surface area contributed by atoms with Gasteiger partial charge in [0.15, 0.2) is 11.1 Å². The van der Waals surface area contributed by atoms with Crippen LogP contribution in [-0.4, -0.2) is 35.7 Å². The van der Waals surface area contributed by atoms with Crippen molar-refractivity contribution in [2.24, 2.45) is 0 Å². The third kappa shape index (κ3) is 3.10. The largest absolute Gasteiger partial charge is 0.422 e. The summed E-state index contributed by atoms with van der Waals surface area (Å²) in [6.45, 7) is 4.94. The zero-order chi connectivity index (χ0) is 22.9. The van der Waals surface area contributed by atoms with Gasteiger partial charge in [-0.1, -0.05) is 6.07 Å². The molecular formula is C24H23F2N5O2. The Morgan fingerprint density at radius 3 is 2.61 bits per heavy atom. The Balaban J connectivity index is 1.64. The number of nitrogens with zero attached hydrogens (tertiary/aromatic N) is 3. The smallest absolute Gasteiger partial charge is 0.298 e. The van der Waals surface area contributed by atoms with E-state index in [-0.39, 0.29) is 22.9 Å². The van der Waals surface area contributed by atoms with Crippen molar-refractivity contribution in [3.8, 4) is 11.1 Å². The lowest BCUT2D eigenvalue weighted by Crippen LogP contribution is -2.43. The number of hydrogen-bond acceptors (Lipinski definition) is 6. The van der Waals surface area contributed by atoms with E-state index in [1.807, 2.05) is 11.8 Å². The monoisotopic (exact) mass is 451 g/mol. The molecule has 6 rings (SSSR count). The summed E-state index contributed by atoms with van der Waals surface area (Å²) in [5, 5.41) is 4.03. The van der Waals surface area contributed by atoms with Crippen molar-refractivity contribution >= 4 is 33.7 Å². The van der Waals surface area contributed by atoms with E-state index < -0.39 is 11.6 Å². The first-order valence-corrected chi connectivity index (χ1v) is 11.1. The van der Waals surface area contributed by atoms with Crippen molar-refractivity contribution < 1.29 is 13.2 Å². The van der Waals surface area contributed by atoms with E-state index >= 15 is 0 Å². The number of oxazole rings is 1. The van der Waals surface area contributed by atoms with E-state index in [1.165, 1.54) is 0 Å². The normalized spacial score (nSPS) is 16.8. The second kappa shape index (κ2) is 7.28. The van der Waals surface area contributed by atoms with Gasteiger partial charge < -0.3 is 24.9 Å². The number of pyridine rings is 1. The van der Waals surface area contributed by atoms with Crippen LogP contribution in [-0.2, 0) is 0 Å². The lowest BCUT2D eigenvalue weighted by atomic mass is 9.96. The van der Waals surface area contributed by atoms with E-state index in [2.05, 4.69) is 10.3 Å². The number of rotatable bonds is 3. The zero-order valence-electron chi connectivity index (χ0n) is 18.1. The highest BCUT2D eigenvalue weighted by molar-refractivity contribution is 6.04. The summed E-state index contributed by atoms with van der Waals surface area (Å²) in [7, 11) is 0. The zero-order valence-corrected chi connectivity index (χ0v) is 18.1. The molecule has 2 aromatic heterocycles. The van der Waals surface area contributed by atoms with Gasteiger partial charge in [-0.25, -0.2) is 8.78 Å². The van der Waals surface area contributed by atoms with Crippen LogP contribution in [0.3, 0.4) is 0 Å². The van der Waals surface area contributed by atoms with Crippen molar-refractivity contribution in [2.45, 2.75) is 25.8 Å². The fourth-order valence-electron chi connectivity index (χ4n) is 4.78. The number of piperazine rings is 1. The van der Waals surface area contributed by atoms with Crippen LogP contribution in [0.4, 0.5) is 20.5 Å². The quantitative estimate of drug-likeness (QED) is 0.462. The molecule has 1 saturated heterocycles. The first-order valence-electron chi connectivity index (χ1n) is 11.1. The number of nitrogens with two attached hydrogens (primary N) is 1. The summed E-state index contributed by atoms with van der Waals surface area (Å²) in [6, 6.07) is 6.13. The molecule has 3 N–H and O–H groups in total. The number of nitrogen functional groups attached to an aromatic ring is 1. The van der Waals surface area contributed by atoms with Crippen molar-refractivity contribution in [1.29, 1.82) is 0 Å². The molecule has 0 spiro atoms. The Hall–Kier alpha value is -3.46. The molecule has 0 radical (unpaired) electrons. The van der Waals surface area contributed by atoms with Crippen LogP contribution in [0.25, 0.3) is 33.1 Å². The molecule has 9 heteroatoms. The number of anilines is 2. The minimum absolute atomic E-state index is 0.0608. The highest BCUT2D eigenvalue weighted by atomic mass is 19.1. The van der Waals surface area contributed by atoms with Crippen LogP contribution in [0.2, 0.25) is 0 Å². The van der Waals surface area contributed by atoms with Gasteiger partial charge in [0.2, 0.25) is 0 Å². The fraction of sp³-hybridized carbons (Fsp3) is 0.333. The molecular weight excluding hydrogens is 428 g/mol. The van der Waals surface area contributed by atoms with Gasteiger partial charge in [-0.05, 0) is 43.0 Å². The number of nitrogens with one attached hydrogen (secondary N) is 1. The molecule has 0 bridgehead atoms. The highest BCUT2D eigenvalue weighted by Gasteiger charge is 2.31.